The fourth-order valence-electron chi connectivity index (χ4n) is 3.49. The lowest BCUT2D eigenvalue weighted by Crippen LogP contribution is -3.08. The van der Waals surface area contributed by atoms with Gasteiger partial charge >= 0.3 is 0 Å². The molecule has 0 bridgehead atoms. The predicted octanol–water partition coefficient (Wildman–Crippen LogP) is 2.08. The number of carbonyl (C=O) groups excluding carboxylic acids is 1. The highest BCUT2D eigenvalue weighted by Gasteiger charge is 2.24. The summed E-state index contributed by atoms with van der Waals surface area (Å²) in [5, 5.41) is 13.1. The Hall–Kier alpha value is -2.36. The van der Waals surface area contributed by atoms with Crippen LogP contribution in [-0.4, -0.2) is 26.6 Å². The van der Waals surface area contributed by atoms with Crippen LogP contribution in [0.15, 0.2) is 18.2 Å². The molecule has 0 saturated carbocycles. The van der Waals surface area contributed by atoms with E-state index in [9.17, 15) is 10.1 Å². The largest absolute Gasteiger partial charge is 0.496 e. The van der Waals surface area contributed by atoms with E-state index in [1.54, 1.807) is 18.4 Å². The number of nitrogens with zero attached hydrogens (tertiary/aromatic N) is 1. The maximum absolute atomic E-state index is 12.5. The van der Waals surface area contributed by atoms with Crippen molar-refractivity contribution in [2.24, 2.45) is 0 Å². The van der Waals surface area contributed by atoms with E-state index >= 15 is 0 Å². The van der Waals surface area contributed by atoms with Crippen molar-refractivity contribution in [2.75, 3.05) is 26.0 Å². The number of nitrogens with one attached hydrogen (secondary N) is 2. The van der Waals surface area contributed by atoms with Crippen LogP contribution < -0.4 is 15.0 Å². The van der Waals surface area contributed by atoms with E-state index < -0.39 is 0 Å². The molecule has 2 N–H and O–H groups in total. The maximum Gasteiger partial charge on any atom is 0.280 e. The van der Waals surface area contributed by atoms with Gasteiger partial charge in [-0.1, -0.05) is 11.6 Å². The summed E-state index contributed by atoms with van der Waals surface area (Å²) in [4.78, 5) is 14.8. The van der Waals surface area contributed by atoms with Gasteiger partial charge in [0.2, 0.25) is 0 Å². The van der Waals surface area contributed by atoms with Gasteiger partial charge in [0.1, 0.15) is 23.4 Å². The number of fused-ring (bicyclic) bond motifs is 1. The molecule has 0 radical (unpaired) electrons. The van der Waals surface area contributed by atoms with Gasteiger partial charge in [-0.3, -0.25) is 4.79 Å². The number of amides is 1. The fourth-order valence-corrected chi connectivity index (χ4v) is 4.74. The molecule has 0 fully saturated rings. The van der Waals surface area contributed by atoms with Crippen LogP contribution in [0.4, 0.5) is 5.00 Å². The number of rotatable bonds is 6. The zero-order chi connectivity index (χ0) is 18.7. The third-order valence-electron chi connectivity index (χ3n) is 4.68. The monoisotopic (exact) mass is 370 g/mol. The number of anilines is 1. The second-order valence-corrected chi connectivity index (χ2v) is 7.95. The number of hydrogen-bond acceptors (Lipinski definition) is 4. The third-order valence-corrected chi connectivity index (χ3v) is 5.88. The number of likely N-dealkylation sites (N-methyl/N-ethyl adjacent to an activating group) is 1. The van der Waals surface area contributed by atoms with Gasteiger partial charge in [0, 0.05) is 10.4 Å². The van der Waals surface area contributed by atoms with Gasteiger partial charge in [-0.15, -0.1) is 11.3 Å². The molecule has 1 heterocycles. The smallest absolute Gasteiger partial charge is 0.280 e. The molecule has 0 aliphatic heterocycles. The van der Waals surface area contributed by atoms with Gasteiger partial charge in [-0.2, -0.15) is 5.26 Å². The summed E-state index contributed by atoms with van der Waals surface area (Å²) in [5.74, 6) is 0.780. The molecule has 26 heavy (non-hydrogen) atoms. The van der Waals surface area contributed by atoms with Crippen LogP contribution in [-0.2, 0) is 24.2 Å². The number of aryl methyl sites for hydroxylation is 2. The van der Waals surface area contributed by atoms with Crippen LogP contribution in [0.5, 0.6) is 5.75 Å². The summed E-state index contributed by atoms with van der Waals surface area (Å²) in [7, 11) is 3.65. The highest BCUT2D eigenvalue weighted by molar-refractivity contribution is 7.16. The van der Waals surface area contributed by atoms with Crippen molar-refractivity contribution < 1.29 is 14.4 Å². The van der Waals surface area contributed by atoms with Crippen LogP contribution in [0, 0.1) is 18.3 Å². The molecule has 5 nitrogen and oxygen atoms in total. The van der Waals surface area contributed by atoms with Crippen molar-refractivity contribution >= 4 is 22.2 Å². The zero-order valence-electron chi connectivity index (χ0n) is 15.4. The van der Waals surface area contributed by atoms with Crippen molar-refractivity contribution in [1.82, 2.24) is 0 Å². The summed E-state index contributed by atoms with van der Waals surface area (Å²) >= 11 is 1.56. The first-order valence-corrected chi connectivity index (χ1v) is 9.62. The standard InChI is InChI=1S/C20H23N3O2S/c1-13-7-8-17(25-3)14(9-13)11-23(2)12-19(24)22-20-16(10-21)15-5-4-6-18(15)26-20/h7-9H,4-6,11-12H2,1-3H3,(H,22,24)/p+1. The van der Waals surface area contributed by atoms with Gasteiger partial charge in [0.05, 0.1) is 19.7 Å². The molecule has 1 amide bonds. The zero-order valence-corrected chi connectivity index (χ0v) is 16.3. The Labute approximate surface area is 158 Å². The molecule has 2 aromatic rings. The average Bonchev–Trinajstić information content (AvgIpc) is 3.15. The Kier molecular flexibility index (Phi) is 5.60. The summed E-state index contributed by atoms with van der Waals surface area (Å²) in [6.45, 7) is 3.08. The van der Waals surface area contributed by atoms with Gasteiger partial charge < -0.3 is 15.0 Å². The van der Waals surface area contributed by atoms with Gasteiger partial charge in [-0.25, -0.2) is 0 Å². The lowest BCUT2D eigenvalue weighted by molar-refractivity contribution is -0.885. The van der Waals surface area contributed by atoms with Crippen LogP contribution in [0.25, 0.3) is 0 Å². The minimum Gasteiger partial charge on any atom is -0.496 e. The summed E-state index contributed by atoms with van der Waals surface area (Å²) in [6.07, 6.45) is 3.07. The highest BCUT2D eigenvalue weighted by atomic mass is 32.1. The number of ether oxygens (including phenoxy) is 1. The van der Waals surface area contributed by atoms with Crippen molar-refractivity contribution in [1.29, 1.82) is 5.26 Å². The summed E-state index contributed by atoms with van der Waals surface area (Å²) in [5.41, 5.74) is 4.06. The number of carbonyl (C=O) groups is 1. The van der Waals surface area contributed by atoms with Crippen molar-refractivity contribution in [3.63, 3.8) is 0 Å². The van der Waals surface area contributed by atoms with Crippen LogP contribution in [0.2, 0.25) is 0 Å². The normalized spacial score (nSPS) is 13.8. The highest BCUT2D eigenvalue weighted by Crippen LogP contribution is 2.38. The minimum atomic E-state index is -0.0643. The Morgan fingerprint density at radius 2 is 2.23 bits per heavy atom. The molecular weight excluding hydrogens is 346 g/mol. The van der Waals surface area contributed by atoms with Gasteiger partial charge in [0.15, 0.2) is 6.54 Å². The molecule has 136 valence electrons. The van der Waals surface area contributed by atoms with Crippen LogP contribution in [0.1, 0.15) is 33.6 Å². The van der Waals surface area contributed by atoms with Crippen molar-refractivity contribution in [3.05, 3.63) is 45.3 Å². The molecule has 0 saturated heterocycles. The van der Waals surface area contributed by atoms with E-state index in [0.717, 1.165) is 41.0 Å². The van der Waals surface area contributed by atoms with E-state index in [1.165, 1.54) is 10.4 Å². The predicted molar refractivity (Wildman–Crippen MR) is 103 cm³/mol. The molecule has 6 heteroatoms. The van der Waals surface area contributed by atoms with Crippen LogP contribution >= 0.6 is 11.3 Å². The third kappa shape index (κ3) is 3.90. The van der Waals surface area contributed by atoms with Crippen molar-refractivity contribution in [3.8, 4) is 11.8 Å². The Morgan fingerprint density at radius 1 is 1.42 bits per heavy atom. The average molecular weight is 370 g/mol. The molecule has 1 aliphatic rings. The van der Waals surface area contributed by atoms with E-state index in [1.807, 2.05) is 26.1 Å². The Balaban J connectivity index is 1.64. The molecule has 0 spiro atoms. The number of nitriles is 1. The molecule has 1 aromatic heterocycles. The quantitative estimate of drug-likeness (QED) is 0.818. The summed E-state index contributed by atoms with van der Waals surface area (Å²) < 4.78 is 5.42. The molecule has 1 unspecified atom stereocenters. The molecule has 1 aliphatic carbocycles. The second-order valence-electron chi connectivity index (χ2n) is 6.85. The number of benzene rings is 1. The van der Waals surface area contributed by atoms with E-state index in [0.29, 0.717) is 23.7 Å². The lowest BCUT2D eigenvalue weighted by atomic mass is 10.1. The Bertz CT molecular complexity index is 867. The summed E-state index contributed by atoms with van der Waals surface area (Å²) in [6, 6.07) is 8.34. The number of hydrogen-bond donors (Lipinski definition) is 2. The first-order valence-electron chi connectivity index (χ1n) is 8.81. The molecule has 3 rings (SSSR count). The lowest BCUT2D eigenvalue weighted by Gasteiger charge is -2.16. The second kappa shape index (κ2) is 7.90. The SMILES string of the molecule is COc1ccc(C)cc1C[NH+](C)CC(=O)Nc1sc2c(c1C#N)CCC2. The van der Waals surface area contributed by atoms with E-state index in [4.69, 9.17) is 4.74 Å². The number of thiophene rings is 1. The first-order chi connectivity index (χ1) is 12.5. The van der Waals surface area contributed by atoms with Crippen molar-refractivity contribution in [2.45, 2.75) is 32.7 Å². The van der Waals surface area contributed by atoms with Gasteiger partial charge in [0.25, 0.3) is 5.91 Å². The molecule has 1 atom stereocenters. The van der Waals surface area contributed by atoms with Crippen LogP contribution in [0.3, 0.4) is 0 Å². The van der Waals surface area contributed by atoms with Gasteiger partial charge in [-0.05, 0) is 43.9 Å². The minimum absolute atomic E-state index is 0.0643. The first kappa shape index (κ1) is 18.4. The van der Waals surface area contributed by atoms with E-state index in [-0.39, 0.29) is 5.91 Å². The molecular formula is C20H24N3O2S+. The Morgan fingerprint density at radius 3 is 2.96 bits per heavy atom. The molecule has 1 aromatic carbocycles. The topological polar surface area (TPSA) is 66.6 Å². The maximum atomic E-state index is 12.5. The number of methoxy groups -OCH3 is 1. The fraction of sp³-hybridized carbons (Fsp3) is 0.400. The van der Waals surface area contributed by atoms with E-state index in [2.05, 4.69) is 17.5 Å². The number of quaternary nitrogens is 1.